The molecule has 0 aliphatic heterocycles. The number of nitrogens with one attached hydrogen (secondary N) is 1. The van der Waals surface area contributed by atoms with E-state index in [0.717, 1.165) is 16.9 Å². The molecule has 0 saturated carbocycles. The first-order chi connectivity index (χ1) is 10.7. The van der Waals surface area contributed by atoms with E-state index in [2.05, 4.69) is 5.32 Å². The Morgan fingerprint density at radius 1 is 1.27 bits per heavy atom. The van der Waals surface area contributed by atoms with Crippen LogP contribution in [0.2, 0.25) is 0 Å². The van der Waals surface area contributed by atoms with Gasteiger partial charge in [0.05, 0.1) is 13.0 Å². The monoisotopic (exact) mass is 319 g/mol. The van der Waals surface area contributed by atoms with Gasteiger partial charge in [-0.05, 0) is 47.0 Å². The van der Waals surface area contributed by atoms with Crippen molar-refractivity contribution in [2.75, 3.05) is 20.3 Å². The van der Waals surface area contributed by atoms with Gasteiger partial charge in [-0.2, -0.15) is 11.3 Å². The van der Waals surface area contributed by atoms with Gasteiger partial charge in [-0.3, -0.25) is 4.79 Å². The number of ether oxygens (including phenoxy) is 2. The summed E-state index contributed by atoms with van der Waals surface area (Å²) in [7, 11) is 1.65. The van der Waals surface area contributed by atoms with Crippen LogP contribution in [0.15, 0.2) is 41.1 Å². The van der Waals surface area contributed by atoms with E-state index in [-0.39, 0.29) is 12.0 Å². The summed E-state index contributed by atoms with van der Waals surface area (Å²) in [6.45, 7) is 3.06. The van der Waals surface area contributed by atoms with Crippen LogP contribution in [-0.4, -0.2) is 26.2 Å². The maximum Gasteiger partial charge on any atom is 0.224 e. The summed E-state index contributed by atoms with van der Waals surface area (Å²) in [6, 6.07) is 9.61. The average molecular weight is 319 g/mol. The number of methoxy groups -OCH3 is 1. The predicted octanol–water partition coefficient (Wildman–Crippen LogP) is 3.19. The highest BCUT2D eigenvalue weighted by Gasteiger charge is 2.12. The van der Waals surface area contributed by atoms with E-state index in [4.69, 9.17) is 9.47 Å². The second-order valence-corrected chi connectivity index (χ2v) is 5.62. The van der Waals surface area contributed by atoms with E-state index in [9.17, 15) is 4.79 Å². The molecule has 4 nitrogen and oxygen atoms in total. The minimum Gasteiger partial charge on any atom is -0.494 e. The molecule has 1 aromatic carbocycles. The molecule has 1 aromatic heterocycles. The highest BCUT2D eigenvalue weighted by molar-refractivity contribution is 7.07. The van der Waals surface area contributed by atoms with Crippen LogP contribution < -0.4 is 10.1 Å². The molecule has 0 fully saturated rings. The molecule has 0 saturated heterocycles. The van der Waals surface area contributed by atoms with E-state index in [1.54, 1.807) is 18.4 Å². The minimum absolute atomic E-state index is 0.0126. The first kappa shape index (κ1) is 16.5. The quantitative estimate of drug-likeness (QED) is 0.813. The summed E-state index contributed by atoms with van der Waals surface area (Å²) in [6.07, 6.45) is 0.252. The Bertz CT molecular complexity index is 566. The Labute approximate surface area is 135 Å². The van der Waals surface area contributed by atoms with Crippen molar-refractivity contribution in [1.82, 2.24) is 5.32 Å². The van der Waals surface area contributed by atoms with Crippen molar-refractivity contribution in [2.45, 2.75) is 19.4 Å². The molecule has 1 atom stereocenters. The standard InChI is InChI=1S/C17H21NO3S/c1-3-21-15-6-4-13(5-7-15)10-17(19)18-11-16(20-2)14-8-9-22-12-14/h4-9,12,16H,3,10-11H2,1-2H3,(H,18,19). The summed E-state index contributed by atoms with van der Waals surface area (Å²) < 4.78 is 10.8. The Balaban J connectivity index is 1.82. The molecule has 1 heterocycles. The number of hydrogen-bond donors (Lipinski definition) is 1. The molecule has 22 heavy (non-hydrogen) atoms. The molecule has 1 N–H and O–H groups in total. The Hall–Kier alpha value is -1.85. The fraction of sp³-hybridized carbons (Fsp3) is 0.353. The zero-order chi connectivity index (χ0) is 15.8. The summed E-state index contributed by atoms with van der Waals surface area (Å²) in [5.41, 5.74) is 2.05. The Morgan fingerprint density at radius 3 is 2.64 bits per heavy atom. The predicted molar refractivity (Wildman–Crippen MR) is 88.4 cm³/mol. The molecule has 5 heteroatoms. The lowest BCUT2D eigenvalue weighted by molar-refractivity contribution is -0.121. The maximum atomic E-state index is 12.0. The first-order valence-corrected chi connectivity index (χ1v) is 8.20. The van der Waals surface area contributed by atoms with Crippen LogP contribution in [0.3, 0.4) is 0 Å². The third-order valence-corrected chi connectivity index (χ3v) is 3.98. The smallest absolute Gasteiger partial charge is 0.224 e. The zero-order valence-electron chi connectivity index (χ0n) is 12.9. The zero-order valence-corrected chi connectivity index (χ0v) is 13.7. The number of amides is 1. The summed E-state index contributed by atoms with van der Waals surface area (Å²) in [5, 5.41) is 6.96. The van der Waals surface area contributed by atoms with E-state index in [1.807, 2.05) is 48.0 Å². The Morgan fingerprint density at radius 2 is 2.05 bits per heavy atom. The molecule has 1 unspecified atom stereocenters. The first-order valence-electron chi connectivity index (χ1n) is 7.26. The van der Waals surface area contributed by atoms with E-state index in [1.165, 1.54) is 0 Å². The van der Waals surface area contributed by atoms with Crippen molar-refractivity contribution >= 4 is 17.2 Å². The molecular weight excluding hydrogens is 298 g/mol. The van der Waals surface area contributed by atoms with Gasteiger partial charge in [0.1, 0.15) is 11.9 Å². The molecule has 0 aliphatic rings. The lowest BCUT2D eigenvalue weighted by atomic mass is 10.1. The number of carbonyl (C=O) groups excluding carboxylic acids is 1. The normalized spacial score (nSPS) is 11.9. The number of thiophene rings is 1. The topological polar surface area (TPSA) is 47.6 Å². The second-order valence-electron chi connectivity index (χ2n) is 4.84. The molecule has 1 amide bonds. The summed E-state index contributed by atoms with van der Waals surface area (Å²) in [4.78, 5) is 12.0. The number of benzene rings is 1. The fourth-order valence-corrected chi connectivity index (χ4v) is 2.82. The van der Waals surface area contributed by atoms with Crippen molar-refractivity contribution in [2.24, 2.45) is 0 Å². The summed E-state index contributed by atoms with van der Waals surface area (Å²) >= 11 is 1.62. The van der Waals surface area contributed by atoms with Gasteiger partial charge in [-0.25, -0.2) is 0 Å². The van der Waals surface area contributed by atoms with Crippen molar-refractivity contribution in [3.8, 4) is 5.75 Å². The molecule has 0 radical (unpaired) electrons. The van der Waals surface area contributed by atoms with Crippen LogP contribution in [0, 0.1) is 0 Å². The third kappa shape index (κ3) is 4.86. The van der Waals surface area contributed by atoms with E-state index < -0.39 is 0 Å². The van der Waals surface area contributed by atoms with Gasteiger partial charge >= 0.3 is 0 Å². The minimum atomic E-state index is -0.101. The van der Waals surface area contributed by atoms with Crippen LogP contribution in [0.1, 0.15) is 24.2 Å². The van der Waals surface area contributed by atoms with Crippen LogP contribution in [0.25, 0.3) is 0 Å². The van der Waals surface area contributed by atoms with Crippen molar-refractivity contribution in [1.29, 1.82) is 0 Å². The summed E-state index contributed by atoms with van der Waals surface area (Å²) in [5.74, 6) is 0.810. The highest BCUT2D eigenvalue weighted by Crippen LogP contribution is 2.18. The molecule has 2 aromatic rings. The van der Waals surface area contributed by atoms with Gasteiger partial charge in [-0.1, -0.05) is 12.1 Å². The number of hydrogen-bond acceptors (Lipinski definition) is 4. The Kier molecular flexibility index (Phi) is 6.43. The number of rotatable bonds is 8. The van der Waals surface area contributed by atoms with Gasteiger partial charge in [-0.15, -0.1) is 0 Å². The van der Waals surface area contributed by atoms with Crippen LogP contribution in [0.5, 0.6) is 5.75 Å². The molecule has 0 bridgehead atoms. The van der Waals surface area contributed by atoms with Crippen molar-refractivity contribution < 1.29 is 14.3 Å². The molecule has 0 aliphatic carbocycles. The lowest BCUT2D eigenvalue weighted by Gasteiger charge is -2.15. The molecule has 2 rings (SSSR count). The van der Waals surface area contributed by atoms with Gasteiger partial charge in [0.25, 0.3) is 0 Å². The number of carbonyl (C=O) groups is 1. The molecule has 0 spiro atoms. The van der Waals surface area contributed by atoms with Crippen LogP contribution >= 0.6 is 11.3 Å². The van der Waals surface area contributed by atoms with Crippen molar-refractivity contribution in [3.05, 3.63) is 52.2 Å². The fourth-order valence-electron chi connectivity index (χ4n) is 2.12. The van der Waals surface area contributed by atoms with Crippen LogP contribution in [-0.2, 0) is 16.0 Å². The van der Waals surface area contributed by atoms with Gasteiger partial charge in [0, 0.05) is 13.7 Å². The van der Waals surface area contributed by atoms with Gasteiger partial charge in [0.15, 0.2) is 0 Å². The highest BCUT2D eigenvalue weighted by atomic mass is 32.1. The van der Waals surface area contributed by atoms with E-state index in [0.29, 0.717) is 19.6 Å². The molecular formula is C17H21NO3S. The van der Waals surface area contributed by atoms with Crippen molar-refractivity contribution in [3.63, 3.8) is 0 Å². The van der Waals surface area contributed by atoms with Crippen LogP contribution in [0.4, 0.5) is 0 Å². The lowest BCUT2D eigenvalue weighted by Crippen LogP contribution is -2.30. The maximum absolute atomic E-state index is 12.0. The molecule has 118 valence electrons. The third-order valence-electron chi connectivity index (χ3n) is 3.28. The average Bonchev–Trinajstić information content (AvgIpc) is 3.04. The second kappa shape index (κ2) is 8.56. The van der Waals surface area contributed by atoms with Gasteiger partial charge in [0.2, 0.25) is 5.91 Å². The largest absolute Gasteiger partial charge is 0.494 e. The SMILES string of the molecule is CCOc1ccc(CC(=O)NCC(OC)c2ccsc2)cc1. The van der Waals surface area contributed by atoms with E-state index >= 15 is 0 Å². The van der Waals surface area contributed by atoms with Gasteiger partial charge < -0.3 is 14.8 Å².